The van der Waals surface area contributed by atoms with Crippen LogP contribution in [0.3, 0.4) is 0 Å². The van der Waals surface area contributed by atoms with E-state index in [2.05, 4.69) is 0 Å². The predicted octanol–water partition coefficient (Wildman–Crippen LogP) is 0.343. The minimum atomic E-state index is -0.854. The molecule has 0 aromatic carbocycles. The Balaban J connectivity index is 1.93. The molecule has 0 radical (unpaired) electrons. The Kier molecular flexibility index (Phi) is 2.88. The quantitative estimate of drug-likeness (QED) is 0.739. The van der Waals surface area contributed by atoms with Gasteiger partial charge in [-0.1, -0.05) is 0 Å². The minimum Gasteiger partial charge on any atom is -0.481 e. The summed E-state index contributed by atoms with van der Waals surface area (Å²) in [5.41, 5.74) is 0. The van der Waals surface area contributed by atoms with Crippen LogP contribution in [0, 0.1) is 11.8 Å². The first-order chi connectivity index (χ1) is 7.49. The number of carbonyl (C=O) groups excluding carboxylic acids is 1. The summed E-state index contributed by atoms with van der Waals surface area (Å²) in [6, 6.07) is 0. The van der Waals surface area contributed by atoms with E-state index in [1.165, 1.54) is 0 Å². The van der Waals surface area contributed by atoms with Crippen molar-refractivity contribution < 1.29 is 19.4 Å². The zero-order valence-corrected chi connectivity index (χ0v) is 9.55. The molecule has 2 aliphatic rings. The lowest BCUT2D eigenvalue weighted by atomic mass is 10.2. The molecule has 1 aliphatic carbocycles. The maximum atomic E-state index is 12.0. The van der Waals surface area contributed by atoms with Crippen LogP contribution in [0.4, 0.5) is 0 Å². The van der Waals surface area contributed by atoms with Crippen molar-refractivity contribution in [2.45, 2.75) is 32.5 Å². The second-order valence-electron chi connectivity index (χ2n) is 4.79. The number of carboxylic acid groups (broad SMARTS) is 1. The van der Waals surface area contributed by atoms with E-state index in [0.717, 1.165) is 0 Å². The van der Waals surface area contributed by atoms with Gasteiger partial charge in [-0.2, -0.15) is 0 Å². The van der Waals surface area contributed by atoms with Gasteiger partial charge in [-0.3, -0.25) is 9.59 Å². The standard InChI is InChI=1S/C11H17NO4/c1-6-4-12(5-7(2)16-6)10(13)8-3-9(8)11(14)15/h6-9H,3-5H2,1-2H3,(H,14,15)/t6-,7+,8-,9-/m1/s1. The van der Waals surface area contributed by atoms with Gasteiger partial charge < -0.3 is 14.7 Å². The molecule has 0 unspecified atom stereocenters. The third kappa shape index (κ3) is 2.19. The zero-order chi connectivity index (χ0) is 11.9. The molecule has 0 spiro atoms. The van der Waals surface area contributed by atoms with Crippen LogP contribution in [-0.4, -0.2) is 47.2 Å². The van der Waals surface area contributed by atoms with E-state index in [-0.39, 0.29) is 24.0 Å². The largest absolute Gasteiger partial charge is 0.481 e. The second kappa shape index (κ2) is 4.05. The van der Waals surface area contributed by atoms with Gasteiger partial charge in [-0.15, -0.1) is 0 Å². The molecule has 5 nitrogen and oxygen atoms in total. The van der Waals surface area contributed by atoms with E-state index < -0.39 is 11.9 Å². The zero-order valence-electron chi connectivity index (χ0n) is 9.55. The topological polar surface area (TPSA) is 66.8 Å². The van der Waals surface area contributed by atoms with Crippen molar-refractivity contribution in [3.63, 3.8) is 0 Å². The smallest absolute Gasteiger partial charge is 0.307 e. The van der Waals surface area contributed by atoms with Crippen LogP contribution in [-0.2, 0) is 14.3 Å². The summed E-state index contributed by atoms with van der Waals surface area (Å²) in [6.45, 7) is 5.01. The molecule has 5 heteroatoms. The molecule has 4 atom stereocenters. The van der Waals surface area contributed by atoms with Gasteiger partial charge in [-0.05, 0) is 20.3 Å². The van der Waals surface area contributed by atoms with E-state index in [4.69, 9.17) is 9.84 Å². The van der Waals surface area contributed by atoms with Gasteiger partial charge in [0.15, 0.2) is 0 Å². The number of rotatable bonds is 2. The normalized spacial score (nSPS) is 38.2. The lowest BCUT2D eigenvalue weighted by molar-refractivity contribution is -0.147. The van der Waals surface area contributed by atoms with Crippen LogP contribution < -0.4 is 0 Å². The number of morpholine rings is 1. The summed E-state index contributed by atoms with van der Waals surface area (Å²) in [6.07, 6.45) is 0.568. The summed E-state index contributed by atoms with van der Waals surface area (Å²) >= 11 is 0. The molecule has 0 bridgehead atoms. The van der Waals surface area contributed by atoms with Gasteiger partial charge in [0.05, 0.1) is 24.0 Å². The molecular weight excluding hydrogens is 210 g/mol. The predicted molar refractivity (Wildman–Crippen MR) is 55.8 cm³/mol. The first kappa shape index (κ1) is 11.4. The maximum absolute atomic E-state index is 12.0. The molecule has 16 heavy (non-hydrogen) atoms. The van der Waals surface area contributed by atoms with Gasteiger partial charge >= 0.3 is 5.97 Å². The Morgan fingerprint density at radius 1 is 1.19 bits per heavy atom. The molecule has 1 aliphatic heterocycles. The summed E-state index contributed by atoms with van der Waals surface area (Å²) in [5.74, 6) is -1.63. The number of hydrogen-bond acceptors (Lipinski definition) is 3. The van der Waals surface area contributed by atoms with Crippen LogP contribution >= 0.6 is 0 Å². The van der Waals surface area contributed by atoms with Crippen molar-refractivity contribution >= 4 is 11.9 Å². The Labute approximate surface area is 94.4 Å². The fourth-order valence-electron chi connectivity index (χ4n) is 2.33. The number of carbonyl (C=O) groups is 2. The fourth-order valence-corrected chi connectivity index (χ4v) is 2.33. The third-order valence-corrected chi connectivity index (χ3v) is 3.16. The Bertz CT molecular complexity index is 307. The highest BCUT2D eigenvalue weighted by molar-refractivity contribution is 5.89. The van der Waals surface area contributed by atoms with E-state index in [0.29, 0.717) is 19.5 Å². The fraction of sp³-hybridized carbons (Fsp3) is 0.818. The Morgan fingerprint density at radius 2 is 1.75 bits per heavy atom. The van der Waals surface area contributed by atoms with Crippen molar-refractivity contribution in [3.05, 3.63) is 0 Å². The first-order valence-corrected chi connectivity index (χ1v) is 5.66. The van der Waals surface area contributed by atoms with Crippen molar-refractivity contribution in [1.82, 2.24) is 4.90 Å². The molecule has 1 saturated carbocycles. The highest BCUT2D eigenvalue weighted by Gasteiger charge is 2.50. The van der Waals surface area contributed by atoms with Gasteiger partial charge in [0.1, 0.15) is 0 Å². The van der Waals surface area contributed by atoms with E-state index >= 15 is 0 Å². The molecule has 0 aromatic rings. The first-order valence-electron chi connectivity index (χ1n) is 5.66. The van der Waals surface area contributed by atoms with Crippen LogP contribution in [0.1, 0.15) is 20.3 Å². The van der Waals surface area contributed by atoms with Crippen LogP contribution in [0.5, 0.6) is 0 Å². The lowest BCUT2D eigenvalue weighted by Crippen LogP contribution is -2.49. The van der Waals surface area contributed by atoms with Crippen molar-refractivity contribution in [2.75, 3.05) is 13.1 Å². The molecule has 2 rings (SSSR count). The van der Waals surface area contributed by atoms with Gasteiger partial charge in [0.25, 0.3) is 0 Å². The molecule has 90 valence electrons. The van der Waals surface area contributed by atoms with E-state index in [1.807, 2.05) is 13.8 Å². The third-order valence-electron chi connectivity index (χ3n) is 3.16. The van der Waals surface area contributed by atoms with Gasteiger partial charge in [0.2, 0.25) is 5.91 Å². The molecule has 1 N–H and O–H groups in total. The number of aliphatic carboxylic acids is 1. The van der Waals surface area contributed by atoms with E-state index in [9.17, 15) is 9.59 Å². The molecule has 1 heterocycles. The highest BCUT2D eigenvalue weighted by atomic mass is 16.5. The van der Waals surface area contributed by atoms with Gasteiger partial charge in [-0.25, -0.2) is 0 Å². The maximum Gasteiger partial charge on any atom is 0.307 e. The summed E-state index contributed by atoms with van der Waals surface area (Å²) in [7, 11) is 0. The monoisotopic (exact) mass is 227 g/mol. The summed E-state index contributed by atoms with van der Waals surface area (Å²) in [4.78, 5) is 24.4. The number of hydrogen-bond donors (Lipinski definition) is 1. The number of nitrogens with zero attached hydrogens (tertiary/aromatic N) is 1. The van der Waals surface area contributed by atoms with E-state index in [1.54, 1.807) is 4.90 Å². The minimum absolute atomic E-state index is 0.0191. The molecular formula is C11H17NO4. The molecule has 1 saturated heterocycles. The highest BCUT2D eigenvalue weighted by Crippen LogP contribution is 2.40. The average Bonchev–Trinajstić information content (AvgIpc) is 2.94. The summed E-state index contributed by atoms with van der Waals surface area (Å²) in [5, 5.41) is 8.78. The van der Waals surface area contributed by atoms with Gasteiger partial charge in [0, 0.05) is 13.1 Å². The van der Waals surface area contributed by atoms with Crippen molar-refractivity contribution in [2.24, 2.45) is 11.8 Å². The lowest BCUT2D eigenvalue weighted by Gasteiger charge is -2.35. The number of amides is 1. The van der Waals surface area contributed by atoms with Crippen LogP contribution in [0.15, 0.2) is 0 Å². The Morgan fingerprint density at radius 3 is 2.19 bits per heavy atom. The average molecular weight is 227 g/mol. The second-order valence-corrected chi connectivity index (χ2v) is 4.79. The van der Waals surface area contributed by atoms with Crippen LogP contribution in [0.2, 0.25) is 0 Å². The van der Waals surface area contributed by atoms with Crippen LogP contribution in [0.25, 0.3) is 0 Å². The number of ether oxygens (including phenoxy) is 1. The van der Waals surface area contributed by atoms with Crippen molar-refractivity contribution in [3.8, 4) is 0 Å². The summed E-state index contributed by atoms with van der Waals surface area (Å²) < 4.78 is 5.53. The molecule has 0 aromatic heterocycles. The molecule has 2 fully saturated rings. The molecule has 1 amide bonds. The van der Waals surface area contributed by atoms with Crippen molar-refractivity contribution in [1.29, 1.82) is 0 Å². The Hall–Kier alpha value is -1.10. The number of carboxylic acids is 1. The SMILES string of the molecule is C[C@@H]1CN(C(=O)[C@@H]2C[C@H]2C(=O)O)C[C@H](C)O1.